The molecule has 2 heterocycles. The van der Waals surface area contributed by atoms with Gasteiger partial charge in [0.05, 0.1) is 25.1 Å². The number of morpholine rings is 1. The number of amides is 1. The van der Waals surface area contributed by atoms with Crippen molar-refractivity contribution in [2.75, 3.05) is 26.3 Å². The van der Waals surface area contributed by atoms with Crippen LogP contribution in [0, 0.1) is 0 Å². The molecule has 1 saturated heterocycles. The van der Waals surface area contributed by atoms with Crippen molar-refractivity contribution in [1.29, 1.82) is 0 Å². The molecular weight excluding hydrogens is 292 g/mol. The van der Waals surface area contributed by atoms with Crippen LogP contribution in [-0.4, -0.2) is 48.0 Å². The number of rotatable bonds is 6. The number of para-hydroxylation sites is 1. The fourth-order valence-electron chi connectivity index (χ4n) is 2.60. The lowest BCUT2D eigenvalue weighted by Gasteiger charge is -2.23. The van der Waals surface area contributed by atoms with E-state index < -0.39 is 0 Å². The number of aromatic nitrogens is 2. The molecule has 6 nitrogen and oxygen atoms in total. The van der Waals surface area contributed by atoms with Crippen LogP contribution in [0.25, 0.3) is 5.69 Å². The summed E-state index contributed by atoms with van der Waals surface area (Å²) in [5.74, 6) is 0.0588. The van der Waals surface area contributed by atoms with Crippen LogP contribution in [0.4, 0.5) is 0 Å². The molecule has 6 heteroatoms. The summed E-state index contributed by atoms with van der Waals surface area (Å²) in [6.45, 7) is 2.77. The third-order valence-electron chi connectivity index (χ3n) is 3.82. The highest BCUT2D eigenvalue weighted by Gasteiger charge is 2.16. The Labute approximate surface area is 135 Å². The molecule has 3 rings (SSSR count). The molecule has 1 aromatic carbocycles. The Bertz CT molecular complexity index is 621. The molecule has 0 aliphatic carbocycles. The van der Waals surface area contributed by atoms with Gasteiger partial charge in [-0.3, -0.25) is 4.79 Å². The summed E-state index contributed by atoms with van der Waals surface area (Å²) in [6.07, 6.45) is 5.07. The Morgan fingerprint density at radius 3 is 3.04 bits per heavy atom. The first-order valence-electron chi connectivity index (χ1n) is 7.98. The summed E-state index contributed by atoms with van der Waals surface area (Å²) in [7, 11) is 0. The Kier molecular flexibility index (Phi) is 5.39. The van der Waals surface area contributed by atoms with Gasteiger partial charge in [-0.25, -0.2) is 4.68 Å². The van der Waals surface area contributed by atoms with Gasteiger partial charge in [-0.1, -0.05) is 18.2 Å². The molecule has 23 heavy (non-hydrogen) atoms. The minimum absolute atomic E-state index is 0.0588. The molecule has 0 saturated carbocycles. The van der Waals surface area contributed by atoms with Gasteiger partial charge in [0.1, 0.15) is 0 Å². The van der Waals surface area contributed by atoms with E-state index in [0.29, 0.717) is 19.6 Å². The highest BCUT2D eigenvalue weighted by atomic mass is 16.5. The zero-order chi connectivity index (χ0) is 15.9. The number of carbonyl (C=O) groups is 1. The van der Waals surface area contributed by atoms with E-state index in [1.807, 2.05) is 47.4 Å². The maximum Gasteiger partial charge on any atom is 0.221 e. The van der Waals surface area contributed by atoms with E-state index in [4.69, 9.17) is 4.74 Å². The van der Waals surface area contributed by atoms with E-state index in [1.54, 1.807) is 0 Å². The van der Waals surface area contributed by atoms with Gasteiger partial charge < -0.3 is 15.4 Å². The highest BCUT2D eigenvalue weighted by molar-refractivity contribution is 5.76. The van der Waals surface area contributed by atoms with Crippen molar-refractivity contribution in [2.24, 2.45) is 0 Å². The third kappa shape index (κ3) is 4.64. The van der Waals surface area contributed by atoms with Crippen LogP contribution in [0.5, 0.6) is 0 Å². The number of carbonyl (C=O) groups excluding carboxylic acids is 1. The molecule has 2 N–H and O–H groups in total. The SMILES string of the molecule is O=C(C[C@H]1COCCN1)NCCc1cnn(-c2ccccc2)c1. The molecule has 1 aromatic heterocycles. The molecular formula is C17H22N4O2. The largest absolute Gasteiger partial charge is 0.378 e. The number of hydrogen-bond acceptors (Lipinski definition) is 4. The van der Waals surface area contributed by atoms with E-state index >= 15 is 0 Å². The second kappa shape index (κ2) is 7.89. The van der Waals surface area contributed by atoms with Crippen LogP contribution in [0.15, 0.2) is 42.7 Å². The number of nitrogens with zero attached hydrogens (tertiary/aromatic N) is 2. The second-order valence-corrected chi connectivity index (χ2v) is 5.66. The van der Waals surface area contributed by atoms with Crippen molar-refractivity contribution >= 4 is 5.91 Å². The maximum atomic E-state index is 11.9. The molecule has 0 unspecified atom stereocenters. The topological polar surface area (TPSA) is 68.2 Å². The van der Waals surface area contributed by atoms with E-state index in [1.165, 1.54) is 0 Å². The molecule has 1 aliphatic rings. The van der Waals surface area contributed by atoms with Crippen molar-refractivity contribution in [3.8, 4) is 5.69 Å². The Balaban J connectivity index is 1.42. The van der Waals surface area contributed by atoms with Gasteiger partial charge in [0.15, 0.2) is 0 Å². The lowest BCUT2D eigenvalue weighted by Crippen LogP contribution is -2.44. The first-order valence-corrected chi connectivity index (χ1v) is 7.98. The summed E-state index contributed by atoms with van der Waals surface area (Å²) in [4.78, 5) is 11.9. The summed E-state index contributed by atoms with van der Waals surface area (Å²) in [5, 5.41) is 10.6. The molecule has 2 aromatic rings. The molecule has 1 atom stereocenters. The van der Waals surface area contributed by atoms with Gasteiger partial charge in [-0.2, -0.15) is 5.10 Å². The number of benzene rings is 1. The minimum Gasteiger partial charge on any atom is -0.378 e. The van der Waals surface area contributed by atoms with Crippen molar-refractivity contribution in [2.45, 2.75) is 18.9 Å². The molecule has 1 amide bonds. The van der Waals surface area contributed by atoms with Crippen LogP contribution in [0.3, 0.4) is 0 Å². The van der Waals surface area contributed by atoms with Gasteiger partial charge in [-0.15, -0.1) is 0 Å². The average molecular weight is 314 g/mol. The minimum atomic E-state index is 0.0588. The second-order valence-electron chi connectivity index (χ2n) is 5.66. The van der Waals surface area contributed by atoms with Gasteiger partial charge in [0, 0.05) is 31.7 Å². The van der Waals surface area contributed by atoms with E-state index in [-0.39, 0.29) is 11.9 Å². The smallest absolute Gasteiger partial charge is 0.221 e. The molecule has 0 bridgehead atoms. The van der Waals surface area contributed by atoms with Gasteiger partial charge in [0.2, 0.25) is 5.91 Å². The van der Waals surface area contributed by atoms with Crippen LogP contribution in [-0.2, 0) is 16.0 Å². The highest BCUT2D eigenvalue weighted by Crippen LogP contribution is 2.07. The third-order valence-corrected chi connectivity index (χ3v) is 3.82. The number of nitrogens with one attached hydrogen (secondary N) is 2. The predicted octanol–water partition coefficient (Wildman–Crippen LogP) is 0.910. The van der Waals surface area contributed by atoms with E-state index in [2.05, 4.69) is 15.7 Å². The molecule has 1 fully saturated rings. The lowest BCUT2D eigenvalue weighted by molar-refractivity contribution is -0.122. The zero-order valence-corrected chi connectivity index (χ0v) is 13.1. The monoisotopic (exact) mass is 314 g/mol. The van der Waals surface area contributed by atoms with Gasteiger partial charge >= 0.3 is 0 Å². The van der Waals surface area contributed by atoms with Crippen LogP contribution in [0.1, 0.15) is 12.0 Å². The van der Waals surface area contributed by atoms with Crippen LogP contribution >= 0.6 is 0 Å². The number of ether oxygens (including phenoxy) is 1. The Morgan fingerprint density at radius 1 is 1.39 bits per heavy atom. The fourth-order valence-corrected chi connectivity index (χ4v) is 2.60. The van der Waals surface area contributed by atoms with E-state index in [0.717, 1.165) is 30.8 Å². The zero-order valence-electron chi connectivity index (χ0n) is 13.1. The fraction of sp³-hybridized carbons (Fsp3) is 0.412. The normalized spacial score (nSPS) is 17.8. The predicted molar refractivity (Wildman–Crippen MR) is 87.5 cm³/mol. The summed E-state index contributed by atoms with van der Waals surface area (Å²) >= 11 is 0. The van der Waals surface area contributed by atoms with Crippen molar-refractivity contribution in [3.05, 3.63) is 48.3 Å². The average Bonchev–Trinajstić information content (AvgIpc) is 3.05. The summed E-state index contributed by atoms with van der Waals surface area (Å²) < 4.78 is 7.20. The Morgan fingerprint density at radius 2 is 2.26 bits per heavy atom. The van der Waals surface area contributed by atoms with Gasteiger partial charge in [-0.05, 0) is 24.1 Å². The van der Waals surface area contributed by atoms with Crippen molar-refractivity contribution in [1.82, 2.24) is 20.4 Å². The molecule has 0 spiro atoms. The number of hydrogen-bond donors (Lipinski definition) is 2. The van der Waals surface area contributed by atoms with Crippen LogP contribution in [0.2, 0.25) is 0 Å². The summed E-state index contributed by atoms with van der Waals surface area (Å²) in [5.41, 5.74) is 2.14. The Hall–Kier alpha value is -2.18. The molecule has 122 valence electrons. The quantitative estimate of drug-likeness (QED) is 0.832. The first kappa shape index (κ1) is 15.7. The molecule has 0 radical (unpaired) electrons. The van der Waals surface area contributed by atoms with Crippen LogP contribution < -0.4 is 10.6 Å². The van der Waals surface area contributed by atoms with Crippen molar-refractivity contribution < 1.29 is 9.53 Å². The maximum absolute atomic E-state index is 11.9. The van der Waals surface area contributed by atoms with Crippen molar-refractivity contribution in [3.63, 3.8) is 0 Å². The van der Waals surface area contributed by atoms with E-state index in [9.17, 15) is 4.79 Å². The standard InChI is InChI=1S/C17H22N4O2/c22-17(10-15-13-23-9-8-18-15)19-7-6-14-11-20-21(12-14)16-4-2-1-3-5-16/h1-5,11-12,15,18H,6-10,13H2,(H,19,22)/t15-/m0/s1. The molecule has 1 aliphatic heterocycles. The lowest BCUT2D eigenvalue weighted by atomic mass is 10.2. The van der Waals surface area contributed by atoms with Gasteiger partial charge in [0.25, 0.3) is 0 Å². The summed E-state index contributed by atoms with van der Waals surface area (Å²) in [6, 6.07) is 10.1. The first-order chi connectivity index (χ1) is 11.3.